The molecule has 0 spiro atoms. The first-order chi connectivity index (χ1) is 11.6. The highest BCUT2D eigenvalue weighted by atomic mass is 19.1. The Balaban J connectivity index is 1.46. The van der Waals surface area contributed by atoms with Crippen molar-refractivity contribution in [1.29, 1.82) is 0 Å². The van der Waals surface area contributed by atoms with Crippen LogP contribution in [0.2, 0.25) is 0 Å². The molecule has 2 aromatic rings. The van der Waals surface area contributed by atoms with Gasteiger partial charge < -0.3 is 9.67 Å². The lowest BCUT2D eigenvalue weighted by molar-refractivity contribution is 0.0349. The number of halogens is 1. The first kappa shape index (κ1) is 15.8. The second-order valence-corrected chi connectivity index (χ2v) is 7.29. The Morgan fingerprint density at radius 2 is 1.96 bits per heavy atom. The third-order valence-electron chi connectivity index (χ3n) is 5.76. The van der Waals surface area contributed by atoms with E-state index in [2.05, 4.69) is 14.5 Å². The van der Waals surface area contributed by atoms with Crippen LogP contribution in [0.25, 0.3) is 0 Å². The molecule has 4 nitrogen and oxygen atoms in total. The zero-order valence-electron chi connectivity index (χ0n) is 14.0. The number of rotatable bonds is 3. The van der Waals surface area contributed by atoms with Gasteiger partial charge in [0.2, 0.25) is 0 Å². The minimum absolute atomic E-state index is 0.113. The Hall–Kier alpha value is -1.72. The van der Waals surface area contributed by atoms with E-state index in [1.54, 1.807) is 12.3 Å². The molecule has 128 valence electrons. The molecule has 1 aliphatic carbocycles. The fourth-order valence-electron chi connectivity index (χ4n) is 4.54. The van der Waals surface area contributed by atoms with Crippen molar-refractivity contribution in [2.45, 2.75) is 38.5 Å². The molecule has 0 unspecified atom stereocenters. The average Bonchev–Trinajstić information content (AvgIpc) is 3.14. The third kappa shape index (κ3) is 2.87. The smallest absolute Gasteiger partial charge is 0.127 e. The summed E-state index contributed by atoms with van der Waals surface area (Å²) < 4.78 is 16.0. The number of aliphatic hydroxyl groups is 1. The molecule has 1 aliphatic heterocycles. The predicted octanol–water partition coefficient (Wildman–Crippen LogP) is 2.77. The van der Waals surface area contributed by atoms with Gasteiger partial charge in [0.1, 0.15) is 11.6 Å². The van der Waals surface area contributed by atoms with Crippen molar-refractivity contribution in [3.63, 3.8) is 0 Å². The van der Waals surface area contributed by atoms with Crippen LogP contribution in [0.1, 0.15) is 30.3 Å². The lowest BCUT2D eigenvalue weighted by Gasteiger charge is -2.36. The van der Waals surface area contributed by atoms with E-state index >= 15 is 0 Å². The number of hydrogen-bond donors (Lipinski definition) is 1. The summed E-state index contributed by atoms with van der Waals surface area (Å²) >= 11 is 0. The molecule has 1 saturated carbocycles. The second kappa shape index (κ2) is 6.30. The number of imidazole rings is 1. The summed E-state index contributed by atoms with van der Waals surface area (Å²) in [5.74, 6) is 1.90. The number of aliphatic hydroxyl groups excluding tert-OH is 1. The highest BCUT2D eigenvalue weighted by Gasteiger charge is 2.42. The molecule has 2 fully saturated rings. The Morgan fingerprint density at radius 3 is 2.67 bits per heavy atom. The van der Waals surface area contributed by atoms with Crippen LogP contribution in [-0.2, 0) is 6.54 Å². The van der Waals surface area contributed by atoms with Gasteiger partial charge in [0, 0.05) is 37.6 Å². The molecule has 1 N–H and O–H groups in total. The van der Waals surface area contributed by atoms with E-state index in [9.17, 15) is 9.50 Å². The van der Waals surface area contributed by atoms with Gasteiger partial charge in [-0.1, -0.05) is 18.2 Å². The second-order valence-electron chi connectivity index (χ2n) is 7.29. The molecule has 1 saturated heterocycles. The van der Waals surface area contributed by atoms with Gasteiger partial charge in [0.15, 0.2) is 0 Å². The number of nitrogens with zero attached hydrogens (tertiary/aromatic N) is 3. The molecule has 0 amide bonds. The first-order valence-electron chi connectivity index (χ1n) is 8.75. The fraction of sp³-hybridized carbons (Fsp3) is 0.526. The van der Waals surface area contributed by atoms with E-state index in [-0.39, 0.29) is 18.0 Å². The lowest BCUT2D eigenvalue weighted by Crippen LogP contribution is -2.36. The number of aromatic nitrogens is 2. The number of benzene rings is 1. The van der Waals surface area contributed by atoms with Crippen molar-refractivity contribution in [1.82, 2.24) is 14.5 Å². The van der Waals surface area contributed by atoms with Gasteiger partial charge in [-0.15, -0.1) is 0 Å². The molecule has 0 bridgehead atoms. The van der Waals surface area contributed by atoms with Crippen LogP contribution in [0.3, 0.4) is 0 Å². The van der Waals surface area contributed by atoms with Crippen molar-refractivity contribution in [3.8, 4) is 0 Å². The molecule has 2 aliphatic rings. The summed E-state index contributed by atoms with van der Waals surface area (Å²) in [4.78, 5) is 6.63. The molecule has 4 rings (SSSR count). The SMILES string of the molecule is Cc1nccn1[C@H]1C[C@H]2CN(Cc3ccccc3F)C[C@H]2C[C@@H]1O. The van der Waals surface area contributed by atoms with Crippen molar-refractivity contribution < 1.29 is 9.50 Å². The van der Waals surface area contributed by atoms with E-state index in [0.29, 0.717) is 18.4 Å². The highest BCUT2D eigenvalue weighted by molar-refractivity contribution is 5.17. The summed E-state index contributed by atoms with van der Waals surface area (Å²) in [6, 6.07) is 7.13. The largest absolute Gasteiger partial charge is 0.391 e. The van der Waals surface area contributed by atoms with Gasteiger partial charge >= 0.3 is 0 Å². The topological polar surface area (TPSA) is 41.3 Å². The number of fused-ring (bicyclic) bond motifs is 1. The quantitative estimate of drug-likeness (QED) is 0.941. The number of aryl methyl sites for hydroxylation is 1. The van der Waals surface area contributed by atoms with E-state index in [0.717, 1.165) is 37.3 Å². The minimum Gasteiger partial charge on any atom is -0.391 e. The van der Waals surface area contributed by atoms with E-state index < -0.39 is 0 Å². The van der Waals surface area contributed by atoms with Crippen molar-refractivity contribution in [3.05, 3.63) is 53.9 Å². The minimum atomic E-state index is -0.326. The van der Waals surface area contributed by atoms with E-state index in [4.69, 9.17) is 0 Å². The highest BCUT2D eigenvalue weighted by Crippen LogP contribution is 2.42. The maximum absolute atomic E-state index is 13.9. The van der Waals surface area contributed by atoms with E-state index in [1.807, 2.05) is 25.3 Å². The number of likely N-dealkylation sites (tertiary alicyclic amines) is 1. The monoisotopic (exact) mass is 329 g/mol. The van der Waals surface area contributed by atoms with Gasteiger partial charge in [-0.3, -0.25) is 4.90 Å². The Morgan fingerprint density at radius 1 is 1.21 bits per heavy atom. The summed E-state index contributed by atoms with van der Waals surface area (Å²) in [6.45, 7) is 4.57. The fourth-order valence-corrected chi connectivity index (χ4v) is 4.54. The summed E-state index contributed by atoms with van der Waals surface area (Å²) in [6.07, 6.45) is 5.23. The normalized spacial score (nSPS) is 30.5. The first-order valence-corrected chi connectivity index (χ1v) is 8.75. The molecule has 24 heavy (non-hydrogen) atoms. The van der Waals surface area contributed by atoms with Crippen LogP contribution >= 0.6 is 0 Å². The molecule has 4 atom stereocenters. The average molecular weight is 329 g/mol. The van der Waals surface area contributed by atoms with Crippen LogP contribution in [-0.4, -0.2) is 38.8 Å². The number of hydrogen-bond acceptors (Lipinski definition) is 3. The molecule has 5 heteroatoms. The van der Waals surface area contributed by atoms with Crippen molar-refractivity contribution in [2.24, 2.45) is 11.8 Å². The predicted molar refractivity (Wildman–Crippen MR) is 89.9 cm³/mol. The molecule has 0 radical (unpaired) electrons. The molecular formula is C19H24FN3O. The molecule has 2 heterocycles. The van der Waals surface area contributed by atoms with Gasteiger partial charge in [0.25, 0.3) is 0 Å². The van der Waals surface area contributed by atoms with E-state index in [1.165, 1.54) is 6.07 Å². The zero-order valence-corrected chi connectivity index (χ0v) is 14.0. The lowest BCUT2D eigenvalue weighted by atomic mass is 9.77. The maximum Gasteiger partial charge on any atom is 0.127 e. The third-order valence-corrected chi connectivity index (χ3v) is 5.76. The molecule has 1 aromatic heterocycles. The van der Waals surface area contributed by atoms with Gasteiger partial charge in [-0.2, -0.15) is 0 Å². The Labute approximate surface area is 141 Å². The summed E-state index contributed by atoms with van der Waals surface area (Å²) in [7, 11) is 0. The van der Waals surface area contributed by atoms with Crippen LogP contribution in [0.5, 0.6) is 0 Å². The van der Waals surface area contributed by atoms with Gasteiger partial charge in [-0.05, 0) is 37.7 Å². The summed E-state index contributed by atoms with van der Waals surface area (Å²) in [5.41, 5.74) is 0.763. The Bertz CT molecular complexity index is 716. The summed E-state index contributed by atoms with van der Waals surface area (Å²) in [5, 5.41) is 10.6. The van der Waals surface area contributed by atoms with Crippen LogP contribution < -0.4 is 0 Å². The van der Waals surface area contributed by atoms with Crippen molar-refractivity contribution in [2.75, 3.05) is 13.1 Å². The zero-order chi connectivity index (χ0) is 16.7. The standard InChI is InChI=1S/C19H24FN3O/c1-13-21-6-7-23(13)18-8-15-11-22(12-16(15)9-19(18)24)10-14-4-2-3-5-17(14)20/h2-7,15-16,18-19,24H,8-12H2,1H3/t15-,16+,18-,19-/m0/s1. The van der Waals surface area contributed by atoms with Gasteiger partial charge in [-0.25, -0.2) is 9.37 Å². The molecular weight excluding hydrogens is 305 g/mol. The van der Waals surface area contributed by atoms with Gasteiger partial charge in [0.05, 0.1) is 12.1 Å². The maximum atomic E-state index is 13.9. The van der Waals surface area contributed by atoms with Crippen LogP contribution in [0.15, 0.2) is 36.7 Å². The molecule has 1 aromatic carbocycles. The van der Waals surface area contributed by atoms with Crippen LogP contribution in [0.4, 0.5) is 4.39 Å². The Kier molecular flexibility index (Phi) is 4.14. The van der Waals surface area contributed by atoms with Crippen molar-refractivity contribution >= 4 is 0 Å². The van der Waals surface area contributed by atoms with Crippen LogP contribution in [0, 0.1) is 24.6 Å².